The molecule has 7 nitrogen and oxygen atoms in total. The molecule has 1 amide bonds. The van der Waals surface area contributed by atoms with Gasteiger partial charge < -0.3 is 4.74 Å². The van der Waals surface area contributed by atoms with Crippen molar-refractivity contribution < 1.29 is 14.3 Å². The van der Waals surface area contributed by atoms with Crippen molar-refractivity contribution >= 4 is 52.4 Å². The number of thioether (sulfide) groups is 1. The molecule has 0 fully saturated rings. The maximum atomic E-state index is 12.9. The van der Waals surface area contributed by atoms with Gasteiger partial charge in [0.15, 0.2) is 11.6 Å². The Morgan fingerprint density at radius 2 is 1.75 bits per heavy atom. The molecule has 3 aromatic rings. The first-order valence-corrected chi connectivity index (χ1v) is 11.1. The molecule has 1 aromatic heterocycles. The number of ether oxygens (including phenoxy) is 1. The van der Waals surface area contributed by atoms with E-state index in [0.717, 1.165) is 11.3 Å². The van der Waals surface area contributed by atoms with Gasteiger partial charge in [-0.3, -0.25) is 9.59 Å². The number of rotatable bonds is 5. The summed E-state index contributed by atoms with van der Waals surface area (Å²) in [7, 11) is 1.61. The standard InChI is InChI=1S/C22H18Cl2N4O3S/c1-12(29)21-20(15-6-9-17(23)18(24)11-15)27(13(2)30)28-19(25-26-22(28)32-21)10-14-4-7-16(31-3)8-5-14/h4-9,11H,10H2,1-3H3. The highest BCUT2D eigenvalue weighted by atomic mass is 35.5. The Morgan fingerprint density at radius 1 is 1.03 bits per heavy atom. The summed E-state index contributed by atoms with van der Waals surface area (Å²) in [6.45, 7) is 2.87. The van der Waals surface area contributed by atoms with E-state index in [0.29, 0.717) is 43.6 Å². The summed E-state index contributed by atoms with van der Waals surface area (Å²) < 4.78 is 6.85. The van der Waals surface area contributed by atoms with Crippen LogP contribution in [0.5, 0.6) is 5.75 Å². The monoisotopic (exact) mass is 488 g/mol. The lowest BCUT2D eigenvalue weighted by atomic mass is 10.1. The molecule has 4 rings (SSSR count). The first-order valence-electron chi connectivity index (χ1n) is 9.56. The summed E-state index contributed by atoms with van der Waals surface area (Å²) in [4.78, 5) is 25.8. The third-order valence-corrected chi connectivity index (χ3v) is 6.69. The Morgan fingerprint density at radius 3 is 2.34 bits per heavy atom. The van der Waals surface area contributed by atoms with Crippen LogP contribution in [-0.4, -0.2) is 33.7 Å². The van der Waals surface area contributed by atoms with E-state index in [1.54, 1.807) is 30.0 Å². The van der Waals surface area contributed by atoms with E-state index in [1.807, 2.05) is 24.3 Å². The molecule has 0 spiro atoms. The number of methoxy groups -OCH3 is 1. The van der Waals surface area contributed by atoms with Crippen molar-refractivity contribution in [1.82, 2.24) is 14.9 Å². The number of hydrogen-bond donors (Lipinski definition) is 0. The Labute approximate surface area is 198 Å². The summed E-state index contributed by atoms with van der Waals surface area (Å²) >= 11 is 13.5. The number of carbonyl (C=O) groups is 2. The van der Waals surface area contributed by atoms with Gasteiger partial charge in [-0.25, -0.2) is 9.69 Å². The number of halogens is 2. The molecular formula is C22H18Cl2N4O3S. The number of aromatic nitrogens is 3. The van der Waals surface area contributed by atoms with Gasteiger partial charge in [0.05, 0.1) is 27.8 Å². The first-order chi connectivity index (χ1) is 15.3. The van der Waals surface area contributed by atoms with Gasteiger partial charge in [0.1, 0.15) is 5.75 Å². The van der Waals surface area contributed by atoms with Gasteiger partial charge in [0.2, 0.25) is 11.1 Å². The number of benzene rings is 2. The van der Waals surface area contributed by atoms with Crippen LogP contribution < -0.4 is 9.75 Å². The molecule has 0 bridgehead atoms. The zero-order chi connectivity index (χ0) is 23.0. The van der Waals surface area contributed by atoms with Gasteiger partial charge in [-0.05, 0) is 48.5 Å². The van der Waals surface area contributed by atoms with Crippen molar-refractivity contribution in [2.24, 2.45) is 0 Å². The molecule has 0 atom stereocenters. The highest BCUT2D eigenvalue weighted by Crippen LogP contribution is 2.41. The zero-order valence-corrected chi connectivity index (χ0v) is 19.8. The molecule has 2 aromatic carbocycles. The van der Waals surface area contributed by atoms with Crippen LogP contribution in [0.3, 0.4) is 0 Å². The van der Waals surface area contributed by atoms with E-state index >= 15 is 0 Å². The van der Waals surface area contributed by atoms with Crippen molar-refractivity contribution in [3.05, 3.63) is 74.4 Å². The molecule has 0 radical (unpaired) electrons. The number of carbonyl (C=O) groups excluding carboxylic acids is 2. The molecule has 1 aliphatic rings. The molecule has 32 heavy (non-hydrogen) atoms. The lowest BCUT2D eigenvalue weighted by Crippen LogP contribution is -2.41. The number of Topliss-reactive ketones (excluding diaryl/α,β-unsaturated/α-hetero) is 1. The van der Waals surface area contributed by atoms with E-state index in [-0.39, 0.29) is 11.7 Å². The van der Waals surface area contributed by atoms with Gasteiger partial charge in [0, 0.05) is 18.9 Å². The molecule has 0 aliphatic carbocycles. The van der Waals surface area contributed by atoms with Gasteiger partial charge >= 0.3 is 0 Å². The van der Waals surface area contributed by atoms with E-state index < -0.39 is 0 Å². The van der Waals surface area contributed by atoms with Gasteiger partial charge in [-0.15, -0.1) is 10.2 Å². The quantitative estimate of drug-likeness (QED) is 0.516. The Bertz CT molecular complexity index is 1250. The summed E-state index contributed by atoms with van der Waals surface area (Å²) in [5.74, 6) is 0.789. The van der Waals surface area contributed by atoms with Crippen molar-refractivity contribution in [3.63, 3.8) is 0 Å². The van der Waals surface area contributed by atoms with Gasteiger partial charge in [0.25, 0.3) is 0 Å². The fourth-order valence-corrected chi connectivity index (χ4v) is 4.65. The highest BCUT2D eigenvalue weighted by molar-refractivity contribution is 8.04. The molecular weight excluding hydrogens is 471 g/mol. The molecule has 0 saturated heterocycles. The van der Waals surface area contributed by atoms with E-state index in [4.69, 9.17) is 27.9 Å². The lowest BCUT2D eigenvalue weighted by molar-refractivity contribution is -0.117. The third kappa shape index (κ3) is 4.13. The second-order valence-corrected chi connectivity index (χ2v) is 8.82. The third-order valence-electron chi connectivity index (χ3n) is 4.83. The molecule has 2 heterocycles. The maximum absolute atomic E-state index is 12.9. The molecule has 1 aliphatic heterocycles. The summed E-state index contributed by atoms with van der Waals surface area (Å²) in [6, 6.07) is 12.5. The van der Waals surface area contributed by atoms with Crippen molar-refractivity contribution in [1.29, 1.82) is 0 Å². The van der Waals surface area contributed by atoms with Gasteiger partial charge in [-0.2, -0.15) is 0 Å². The number of hydrogen-bond acceptors (Lipinski definition) is 6. The largest absolute Gasteiger partial charge is 0.497 e. The second kappa shape index (κ2) is 8.97. The minimum absolute atomic E-state index is 0.201. The molecule has 0 unspecified atom stereocenters. The number of fused-ring (bicyclic) bond motifs is 1. The van der Waals surface area contributed by atoms with Crippen molar-refractivity contribution in [2.75, 3.05) is 12.1 Å². The van der Waals surface area contributed by atoms with E-state index in [9.17, 15) is 9.59 Å². The van der Waals surface area contributed by atoms with Crippen LogP contribution in [0.25, 0.3) is 5.70 Å². The Hall–Kier alpha value is -2.81. The summed E-state index contributed by atoms with van der Waals surface area (Å²) in [6.07, 6.45) is 0.422. The SMILES string of the molecule is COc1ccc(Cc2nnc3n2N(C(C)=O)C(c2ccc(Cl)c(Cl)c2)=C(C(C)=O)S3)cc1. The topological polar surface area (TPSA) is 77.3 Å². The zero-order valence-electron chi connectivity index (χ0n) is 17.4. The predicted molar refractivity (Wildman–Crippen MR) is 125 cm³/mol. The van der Waals surface area contributed by atoms with E-state index in [1.165, 1.54) is 30.6 Å². The number of amides is 1. The summed E-state index contributed by atoms with van der Waals surface area (Å²) in [5, 5.41) is 11.1. The van der Waals surface area contributed by atoms with Crippen LogP contribution in [0.4, 0.5) is 0 Å². The smallest absolute Gasteiger partial charge is 0.243 e. The van der Waals surface area contributed by atoms with Crippen molar-refractivity contribution in [3.8, 4) is 5.75 Å². The molecule has 0 N–H and O–H groups in total. The summed E-state index contributed by atoms with van der Waals surface area (Å²) in [5.41, 5.74) is 1.96. The van der Waals surface area contributed by atoms with Crippen LogP contribution in [0.15, 0.2) is 52.5 Å². The van der Waals surface area contributed by atoms with Crippen LogP contribution >= 0.6 is 35.0 Å². The van der Waals surface area contributed by atoms with Crippen LogP contribution in [-0.2, 0) is 16.0 Å². The highest BCUT2D eigenvalue weighted by Gasteiger charge is 2.35. The van der Waals surface area contributed by atoms with Crippen molar-refractivity contribution in [2.45, 2.75) is 25.4 Å². The van der Waals surface area contributed by atoms with Crippen LogP contribution in [0.2, 0.25) is 10.0 Å². The average Bonchev–Trinajstić information content (AvgIpc) is 3.17. The number of nitrogens with zero attached hydrogens (tertiary/aromatic N) is 4. The van der Waals surface area contributed by atoms with E-state index in [2.05, 4.69) is 10.2 Å². The molecule has 10 heteroatoms. The molecule has 164 valence electrons. The fraction of sp³-hybridized carbons (Fsp3) is 0.182. The normalized spacial score (nSPS) is 13.2. The molecule has 0 saturated carbocycles. The number of allylic oxidation sites excluding steroid dienone is 1. The fourth-order valence-electron chi connectivity index (χ4n) is 3.37. The minimum Gasteiger partial charge on any atom is -0.497 e. The lowest BCUT2D eigenvalue weighted by Gasteiger charge is -2.32. The Balaban J connectivity index is 1.84. The van der Waals surface area contributed by atoms with Crippen LogP contribution in [0.1, 0.15) is 30.8 Å². The van der Waals surface area contributed by atoms with Crippen LogP contribution in [0, 0.1) is 0 Å². The predicted octanol–water partition coefficient (Wildman–Crippen LogP) is 4.73. The van der Waals surface area contributed by atoms with Gasteiger partial charge in [-0.1, -0.05) is 41.4 Å². The minimum atomic E-state index is -0.304. The maximum Gasteiger partial charge on any atom is 0.243 e. The number of ketones is 1. The first kappa shape index (κ1) is 22.4. The average molecular weight is 489 g/mol. The Kier molecular flexibility index (Phi) is 6.28. The second-order valence-electron chi connectivity index (χ2n) is 7.03.